The number of rotatable bonds is 4. The molecule has 2 rings (SSSR count). The molecule has 1 aromatic carbocycles. The summed E-state index contributed by atoms with van der Waals surface area (Å²) in [5, 5.41) is 21.8. The van der Waals surface area contributed by atoms with E-state index in [1.807, 2.05) is 0 Å². The van der Waals surface area contributed by atoms with Crippen molar-refractivity contribution >= 4 is 32.1 Å². The van der Waals surface area contributed by atoms with Crippen LogP contribution < -0.4 is 5.32 Å². The van der Waals surface area contributed by atoms with E-state index in [1.165, 1.54) is 26.0 Å². The van der Waals surface area contributed by atoms with E-state index in [2.05, 4.69) is 5.32 Å². The number of aliphatic hydroxyl groups is 1. The fourth-order valence-electron chi connectivity index (χ4n) is 1.61. The second-order valence-corrected chi connectivity index (χ2v) is 8.48. The van der Waals surface area contributed by atoms with Crippen molar-refractivity contribution in [2.45, 2.75) is 28.6 Å². The topological polar surface area (TPSA) is 104 Å². The van der Waals surface area contributed by atoms with Crippen LogP contribution in [0.5, 0.6) is 5.75 Å². The Balaban J connectivity index is 2.36. The number of halogens is 1. The number of aromatic hydroxyl groups is 1. The molecule has 0 bridgehead atoms. The molecule has 0 saturated heterocycles. The van der Waals surface area contributed by atoms with Crippen molar-refractivity contribution < 1.29 is 27.8 Å². The molecule has 0 radical (unpaired) electrons. The summed E-state index contributed by atoms with van der Waals surface area (Å²) in [5.74, 6) is -2.06. The van der Waals surface area contributed by atoms with Gasteiger partial charge in [0.15, 0.2) is 0 Å². The van der Waals surface area contributed by atoms with Gasteiger partial charge in [0.25, 0.3) is 5.91 Å². The summed E-state index contributed by atoms with van der Waals surface area (Å²) in [7, 11) is -4.13. The maximum absolute atomic E-state index is 13.2. The molecular formula is C14H14FNO5S2. The molecule has 2 aromatic rings. The van der Waals surface area contributed by atoms with Gasteiger partial charge in [-0.05, 0) is 44.2 Å². The quantitative estimate of drug-likeness (QED) is 0.776. The van der Waals surface area contributed by atoms with Crippen molar-refractivity contribution in [1.82, 2.24) is 0 Å². The zero-order chi connectivity index (χ0) is 17.4. The molecule has 3 N–H and O–H groups in total. The van der Waals surface area contributed by atoms with Crippen LogP contribution in [0.2, 0.25) is 0 Å². The van der Waals surface area contributed by atoms with Gasteiger partial charge in [0, 0.05) is 0 Å². The lowest BCUT2D eigenvalue weighted by molar-refractivity contribution is -0.130. The largest absolute Gasteiger partial charge is 0.507 e. The Hall–Kier alpha value is -1.97. The number of thiophene rings is 1. The van der Waals surface area contributed by atoms with Crippen molar-refractivity contribution in [2.75, 3.05) is 5.32 Å². The molecule has 0 fully saturated rings. The predicted molar refractivity (Wildman–Crippen MR) is 82.8 cm³/mol. The molecular weight excluding hydrogens is 345 g/mol. The second-order valence-electron chi connectivity index (χ2n) is 5.25. The van der Waals surface area contributed by atoms with Gasteiger partial charge in [-0.25, -0.2) is 12.8 Å². The number of nitrogens with one attached hydrogen (secondary N) is 1. The summed E-state index contributed by atoms with van der Waals surface area (Å²) < 4.78 is 37.9. The maximum Gasteiger partial charge on any atom is 0.256 e. The van der Waals surface area contributed by atoms with Crippen molar-refractivity contribution in [3.63, 3.8) is 0 Å². The molecule has 0 unspecified atom stereocenters. The van der Waals surface area contributed by atoms with Gasteiger partial charge in [-0.1, -0.05) is 0 Å². The van der Waals surface area contributed by atoms with Crippen LogP contribution in [-0.2, 0) is 14.6 Å². The van der Waals surface area contributed by atoms with Gasteiger partial charge < -0.3 is 15.5 Å². The first-order valence-corrected chi connectivity index (χ1v) is 8.69. The minimum atomic E-state index is -4.13. The standard InChI is InChI=1S/C14H14FNO5S2/c1-14(2,19)13(18)16-11-5-6-12(22-11)23(20,21)10-7-8(15)3-4-9(10)17/h3-7,17,19H,1-2H3,(H,16,18). The van der Waals surface area contributed by atoms with Crippen LogP contribution in [0.4, 0.5) is 9.39 Å². The Kier molecular flexibility index (Phi) is 4.47. The minimum absolute atomic E-state index is 0.176. The van der Waals surface area contributed by atoms with E-state index in [1.54, 1.807) is 0 Å². The van der Waals surface area contributed by atoms with Crippen LogP contribution in [0, 0.1) is 5.82 Å². The molecule has 1 aromatic heterocycles. The van der Waals surface area contributed by atoms with Gasteiger partial charge in [-0.15, -0.1) is 11.3 Å². The fraction of sp³-hybridized carbons (Fsp3) is 0.214. The monoisotopic (exact) mass is 359 g/mol. The number of sulfone groups is 1. The van der Waals surface area contributed by atoms with E-state index in [9.17, 15) is 27.8 Å². The summed E-state index contributed by atoms with van der Waals surface area (Å²) in [6.45, 7) is 2.58. The third-order valence-electron chi connectivity index (χ3n) is 2.85. The molecule has 0 aliphatic carbocycles. The number of carbonyl (C=O) groups excluding carboxylic acids is 1. The number of anilines is 1. The van der Waals surface area contributed by atoms with Crippen LogP contribution >= 0.6 is 11.3 Å². The number of hydrogen-bond acceptors (Lipinski definition) is 6. The van der Waals surface area contributed by atoms with E-state index >= 15 is 0 Å². The summed E-state index contributed by atoms with van der Waals surface area (Å²) in [6, 6.07) is 5.19. The number of phenols is 1. The molecule has 1 amide bonds. The van der Waals surface area contributed by atoms with Gasteiger partial charge in [-0.2, -0.15) is 0 Å². The molecule has 0 atom stereocenters. The highest BCUT2D eigenvalue weighted by atomic mass is 32.2. The van der Waals surface area contributed by atoms with Crippen LogP contribution in [0.25, 0.3) is 0 Å². The number of phenolic OH excluding ortho intramolecular Hbond substituents is 1. The Morgan fingerprint density at radius 3 is 2.52 bits per heavy atom. The number of amides is 1. The first-order chi connectivity index (χ1) is 10.5. The zero-order valence-electron chi connectivity index (χ0n) is 12.2. The fourth-order valence-corrected chi connectivity index (χ4v) is 4.29. The van der Waals surface area contributed by atoms with Crippen molar-refractivity contribution in [2.24, 2.45) is 0 Å². The van der Waals surface area contributed by atoms with E-state index in [-0.39, 0.29) is 9.21 Å². The number of carbonyl (C=O) groups is 1. The van der Waals surface area contributed by atoms with Gasteiger partial charge >= 0.3 is 0 Å². The predicted octanol–water partition coefficient (Wildman–Crippen LogP) is 2.14. The Morgan fingerprint density at radius 2 is 1.91 bits per heavy atom. The average molecular weight is 359 g/mol. The smallest absolute Gasteiger partial charge is 0.256 e. The van der Waals surface area contributed by atoms with Gasteiger partial charge in [0.2, 0.25) is 9.84 Å². The lowest BCUT2D eigenvalue weighted by Gasteiger charge is -2.15. The maximum atomic E-state index is 13.2. The van der Waals surface area contributed by atoms with Gasteiger partial charge in [0.05, 0.1) is 5.00 Å². The van der Waals surface area contributed by atoms with Crippen LogP contribution in [0.15, 0.2) is 39.4 Å². The molecule has 6 nitrogen and oxygen atoms in total. The van der Waals surface area contributed by atoms with E-state index in [4.69, 9.17) is 0 Å². The Bertz CT molecular complexity index is 852. The normalized spacial score (nSPS) is 12.2. The highest BCUT2D eigenvalue weighted by molar-refractivity contribution is 7.93. The summed E-state index contributed by atoms with van der Waals surface area (Å²) in [4.78, 5) is 11.1. The molecule has 124 valence electrons. The average Bonchev–Trinajstić information content (AvgIpc) is 2.89. The zero-order valence-corrected chi connectivity index (χ0v) is 13.8. The van der Waals surface area contributed by atoms with Crippen LogP contribution in [0.1, 0.15) is 13.8 Å². The first kappa shape index (κ1) is 17.4. The SMILES string of the molecule is CC(C)(O)C(=O)Nc1ccc(S(=O)(=O)c2cc(F)ccc2O)s1. The first-order valence-electron chi connectivity index (χ1n) is 6.39. The third kappa shape index (κ3) is 3.69. The third-order valence-corrected chi connectivity index (χ3v) is 6.13. The minimum Gasteiger partial charge on any atom is -0.507 e. The van der Waals surface area contributed by atoms with Crippen LogP contribution in [-0.4, -0.2) is 30.1 Å². The van der Waals surface area contributed by atoms with Crippen molar-refractivity contribution in [3.05, 3.63) is 36.1 Å². The summed E-state index contributed by atoms with van der Waals surface area (Å²) >= 11 is 0.729. The summed E-state index contributed by atoms with van der Waals surface area (Å²) in [5.41, 5.74) is -1.62. The highest BCUT2D eigenvalue weighted by Gasteiger charge is 2.27. The second kappa shape index (κ2) is 5.91. The van der Waals surface area contributed by atoms with Gasteiger partial charge in [0.1, 0.15) is 26.3 Å². The Labute approximate surface area is 136 Å². The van der Waals surface area contributed by atoms with E-state index in [0.717, 1.165) is 29.5 Å². The van der Waals surface area contributed by atoms with Gasteiger partial charge in [-0.3, -0.25) is 4.79 Å². The molecule has 0 aliphatic heterocycles. The molecule has 0 aliphatic rings. The number of benzene rings is 1. The van der Waals surface area contributed by atoms with Crippen LogP contribution in [0.3, 0.4) is 0 Å². The molecule has 23 heavy (non-hydrogen) atoms. The van der Waals surface area contributed by atoms with Crippen molar-refractivity contribution in [3.8, 4) is 5.75 Å². The molecule has 1 heterocycles. The van der Waals surface area contributed by atoms with E-state index < -0.39 is 37.8 Å². The molecule has 0 spiro atoms. The number of hydrogen-bond donors (Lipinski definition) is 3. The summed E-state index contributed by atoms with van der Waals surface area (Å²) in [6.07, 6.45) is 0. The van der Waals surface area contributed by atoms with Crippen molar-refractivity contribution in [1.29, 1.82) is 0 Å². The molecule has 0 saturated carbocycles. The highest BCUT2D eigenvalue weighted by Crippen LogP contribution is 2.34. The Morgan fingerprint density at radius 1 is 1.26 bits per heavy atom. The molecule has 9 heteroatoms. The lowest BCUT2D eigenvalue weighted by Crippen LogP contribution is -2.36. The van der Waals surface area contributed by atoms with E-state index in [0.29, 0.717) is 0 Å². The lowest BCUT2D eigenvalue weighted by atomic mass is 10.1.